The fraction of sp³-hybridized carbons (Fsp3) is 1.00. The minimum Gasteiger partial charge on any atom is -0.320 e. The molecule has 0 aliphatic carbocycles. The van der Waals surface area contributed by atoms with E-state index in [1.807, 2.05) is 34.7 Å². The van der Waals surface area contributed by atoms with E-state index in [1.165, 1.54) is 38.6 Å². The Balaban J connectivity index is -0.0000000647. The molecule has 0 bridgehead atoms. The lowest BCUT2D eigenvalue weighted by Gasteiger charge is -1.93. The molecule has 0 aliphatic rings. The molecule has 1 heteroatoms. The number of hydrogen-bond donors (Lipinski definition) is 1. The average Bonchev–Trinajstić information content (AvgIpc) is 2.35. The molecule has 0 aromatic rings. The summed E-state index contributed by atoms with van der Waals surface area (Å²) < 4.78 is 0. The van der Waals surface area contributed by atoms with Crippen LogP contribution in [0.3, 0.4) is 0 Å². The van der Waals surface area contributed by atoms with Crippen LogP contribution in [-0.2, 0) is 0 Å². The molecule has 0 amide bonds. The summed E-state index contributed by atoms with van der Waals surface area (Å²) in [5.74, 6) is 0. The maximum atomic E-state index is 3.10. The van der Waals surface area contributed by atoms with Crippen LogP contribution in [0.5, 0.6) is 0 Å². The van der Waals surface area contributed by atoms with Crippen molar-refractivity contribution in [3.8, 4) is 0 Å². The van der Waals surface area contributed by atoms with Crippen LogP contribution in [-0.4, -0.2) is 13.6 Å². The van der Waals surface area contributed by atoms with Crippen molar-refractivity contribution >= 4 is 0 Å². The van der Waals surface area contributed by atoms with Crippen LogP contribution in [0, 0.1) is 0 Å². The van der Waals surface area contributed by atoms with Crippen LogP contribution in [0.4, 0.5) is 0 Å². The third kappa shape index (κ3) is 81.2. The number of rotatable bonds is 5. The van der Waals surface area contributed by atoms with Gasteiger partial charge in [0.15, 0.2) is 0 Å². The molecule has 0 heterocycles. The van der Waals surface area contributed by atoms with E-state index in [-0.39, 0.29) is 0 Å². The van der Waals surface area contributed by atoms with Gasteiger partial charge in [-0.3, -0.25) is 0 Å². The van der Waals surface area contributed by atoms with Gasteiger partial charge in [-0.2, -0.15) is 0 Å². The molecule has 0 aromatic carbocycles. The Hall–Kier alpha value is -0.0400. The Bertz CT molecular complexity index is 38.6. The lowest BCUT2D eigenvalue weighted by Crippen LogP contribution is -2.06. The van der Waals surface area contributed by atoms with Crippen LogP contribution in [0.1, 0.15) is 80.6 Å². The average molecular weight is 219 g/mol. The second kappa shape index (κ2) is 48.4. The molecular formula is C14H37N. The van der Waals surface area contributed by atoms with Crippen molar-refractivity contribution in [3.63, 3.8) is 0 Å². The lowest BCUT2D eigenvalue weighted by molar-refractivity contribution is 0.667. The summed E-state index contributed by atoms with van der Waals surface area (Å²) in [7, 11) is 2.00. The highest BCUT2D eigenvalue weighted by Crippen LogP contribution is 1.89. The van der Waals surface area contributed by atoms with Gasteiger partial charge in [-0.1, -0.05) is 74.1 Å². The molecule has 0 atom stereocenters. The van der Waals surface area contributed by atoms with E-state index in [0.717, 1.165) is 0 Å². The Morgan fingerprint density at radius 2 is 1.07 bits per heavy atom. The van der Waals surface area contributed by atoms with E-state index in [1.54, 1.807) is 0 Å². The van der Waals surface area contributed by atoms with Crippen molar-refractivity contribution in [2.24, 2.45) is 0 Å². The van der Waals surface area contributed by atoms with Gasteiger partial charge < -0.3 is 5.32 Å². The van der Waals surface area contributed by atoms with Crippen LogP contribution in [0.15, 0.2) is 0 Å². The van der Waals surface area contributed by atoms with Crippen molar-refractivity contribution < 1.29 is 0 Å². The van der Waals surface area contributed by atoms with Crippen molar-refractivity contribution in [1.82, 2.24) is 5.32 Å². The van der Waals surface area contributed by atoms with E-state index < -0.39 is 0 Å². The van der Waals surface area contributed by atoms with E-state index in [2.05, 4.69) is 26.1 Å². The molecular weight excluding hydrogens is 182 g/mol. The maximum absolute atomic E-state index is 3.10. The number of unbranched alkanes of at least 4 members (excludes halogenated alkanes) is 3. The smallest absolute Gasteiger partial charge is 0.00519 e. The quantitative estimate of drug-likeness (QED) is 0.622. The van der Waals surface area contributed by atoms with Crippen LogP contribution >= 0.6 is 0 Å². The first-order chi connectivity index (χ1) is 7.33. The zero-order valence-corrected chi connectivity index (χ0v) is 12.7. The summed E-state index contributed by atoms with van der Waals surface area (Å²) in [5, 5.41) is 3.10. The third-order valence-electron chi connectivity index (χ3n) is 1.53. The first-order valence-corrected chi connectivity index (χ1v) is 6.97. The predicted molar refractivity (Wildman–Crippen MR) is 76.7 cm³/mol. The third-order valence-corrected chi connectivity index (χ3v) is 1.53. The predicted octanol–water partition coefficient (Wildman–Crippen LogP) is 5.25. The minimum absolute atomic E-state index is 1.17. The second-order valence-corrected chi connectivity index (χ2v) is 2.81. The Labute approximate surface area is 100 Å². The molecule has 15 heavy (non-hydrogen) atoms. The highest BCUT2D eigenvalue weighted by Gasteiger charge is 1.78. The summed E-state index contributed by atoms with van der Waals surface area (Å²) in [6, 6.07) is 0. The fourth-order valence-corrected chi connectivity index (χ4v) is 0.552. The first kappa shape index (κ1) is 24.3. The normalized spacial score (nSPS) is 7.20. The molecule has 0 rings (SSSR count). The molecule has 0 aromatic heterocycles. The molecule has 1 nitrogen and oxygen atoms in total. The van der Waals surface area contributed by atoms with Gasteiger partial charge in [-0.15, -0.1) is 0 Å². The summed E-state index contributed by atoms with van der Waals surface area (Å²) in [5.41, 5.74) is 0. The molecule has 0 fully saturated rings. The van der Waals surface area contributed by atoms with Gasteiger partial charge in [0.25, 0.3) is 0 Å². The van der Waals surface area contributed by atoms with Crippen molar-refractivity contribution in [2.75, 3.05) is 13.6 Å². The summed E-state index contributed by atoms with van der Waals surface area (Å²) in [6.07, 6.45) is 6.65. The highest BCUT2D eigenvalue weighted by molar-refractivity contribution is 4.39. The summed E-state index contributed by atoms with van der Waals surface area (Å²) in [4.78, 5) is 0. The van der Waals surface area contributed by atoms with Crippen molar-refractivity contribution in [3.05, 3.63) is 0 Å². The maximum Gasteiger partial charge on any atom is -0.00519 e. The molecule has 98 valence electrons. The van der Waals surface area contributed by atoms with Crippen molar-refractivity contribution in [1.29, 1.82) is 0 Å². The van der Waals surface area contributed by atoms with Gasteiger partial charge in [-0.25, -0.2) is 0 Å². The number of nitrogens with one attached hydrogen (secondary N) is 1. The van der Waals surface area contributed by atoms with Gasteiger partial charge in [0, 0.05) is 0 Å². The minimum atomic E-state index is 1.17. The zero-order valence-electron chi connectivity index (χ0n) is 12.7. The van der Waals surface area contributed by atoms with E-state index >= 15 is 0 Å². The molecule has 0 spiro atoms. The lowest BCUT2D eigenvalue weighted by atomic mass is 10.2. The molecule has 0 radical (unpaired) electrons. The van der Waals surface area contributed by atoms with Gasteiger partial charge in [-0.05, 0) is 20.0 Å². The van der Waals surface area contributed by atoms with Crippen LogP contribution in [0.2, 0.25) is 0 Å². The second-order valence-electron chi connectivity index (χ2n) is 2.81. The van der Waals surface area contributed by atoms with E-state index in [0.29, 0.717) is 0 Å². The summed E-state index contributed by atoms with van der Waals surface area (Å²) in [6.45, 7) is 15.8. The Morgan fingerprint density at radius 3 is 1.27 bits per heavy atom. The van der Waals surface area contributed by atoms with Crippen LogP contribution in [0.25, 0.3) is 0 Å². The SMILES string of the molecule is CC.CC.CCCC.CCCCCNC. The summed E-state index contributed by atoms with van der Waals surface area (Å²) >= 11 is 0. The monoisotopic (exact) mass is 219 g/mol. The van der Waals surface area contributed by atoms with E-state index in [4.69, 9.17) is 0 Å². The number of hydrogen-bond acceptors (Lipinski definition) is 1. The Kier molecular flexibility index (Phi) is 78.3. The molecule has 0 aliphatic heterocycles. The van der Waals surface area contributed by atoms with Gasteiger partial charge in [0.05, 0.1) is 0 Å². The van der Waals surface area contributed by atoms with Gasteiger partial charge >= 0.3 is 0 Å². The van der Waals surface area contributed by atoms with Gasteiger partial charge in [0.2, 0.25) is 0 Å². The molecule has 0 saturated heterocycles. The molecule has 0 unspecified atom stereocenters. The molecule has 1 N–H and O–H groups in total. The van der Waals surface area contributed by atoms with Crippen LogP contribution < -0.4 is 5.32 Å². The largest absolute Gasteiger partial charge is 0.320 e. The van der Waals surface area contributed by atoms with E-state index in [9.17, 15) is 0 Å². The topological polar surface area (TPSA) is 12.0 Å². The molecule has 0 saturated carbocycles. The highest BCUT2D eigenvalue weighted by atomic mass is 14.8. The van der Waals surface area contributed by atoms with Crippen molar-refractivity contribution in [2.45, 2.75) is 80.6 Å². The standard InChI is InChI=1S/C6H15N.C4H10.2C2H6/c1-3-4-5-6-7-2;1-3-4-2;2*1-2/h7H,3-6H2,1-2H3;3-4H2,1-2H3;2*1-2H3. The Morgan fingerprint density at radius 1 is 0.667 bits per heavy atom. The first-order valence-electron chi connectivity index (χ1n) is 6.97. The fourth-order valence-electron chi connectivity index (χ4n) is 0.552. The zero-order chi connectivity index (χ0) is 12.9. The van der Waals surface area contributed by atoms with Gasteiger partial charge in [0.1, 0.15) is 0 Å².